The van der Waals surface area contributed by atoms with Crippen LogP contribution in [0.5, 0.6) is 0 Å². The number of nitrogens with zero attached hydrogens (tertiary/aromatic N) is 1. The van der Waals surface area contributed by atoms with Gasteiger partial charge in [-0.05, 0) is 54.8 Å². The maximum Gasteiger partial charge on any atom is 0.272 e. The van der Waals surface area contributed by atoms with Gasteiger partial charge >= 0.3 is 0 Å². The van der Waals surface area contributed by atoms with E-state index in [2.05, 4.69) is 10.0 Å². The van der Waals surface area contributed by atoms with Crippen LogP contribution in [0.3, 0.4) is 0 Å². The van der Waals surface area contributed by atoms with Crippen molar-refractivity contribution in [3.8, 4) is 0 Å². The number of benzene rings is 4. The smallest absolute Gasteiger partial charge is 0.272 e. The van der Waals surface area contributed by atoms with Gasteiger partial charge in [-0.2, -0.15) is 0 Å². The predicted octanol–water partition coefficient (Wildman–Crippen LogP) is 5.11. The van der Waals surface area contributed by atoms with Crippen LogP contribution < -0.4 is 10.0 Å². The van der Waals surface area contributed by atoms with Gasteiger partial charge < -0.3 is 5.32 Å². The molecule has 0 unspecified atom stereocenters. The number of amides is 1. The van der Waals surface area contributed by atoms with Crippen molar-refractivity contribution in [2.75, 3.05) is 10.0 Å². The van der Waals surface area contributed by atoms with Crippen molar-refractivity contribution >= 4 is 43.8 Å². The first-order chi connectivity index (χ1) is 15.7. The Morgan fingerprint density at radius 3 is 2.30 bits per heavy atom. The summed E-state index contributed by atoms with van der Waals surface area (Å²) in [5, 5.41) is 15.3. The minimum absolute atomic E-state index is 0.0413. The number of fused-ring (bicyclic) bond motifs is 1. The number of nitro groups is 1. The van der Waals surface area contributed by atoms with Crippen LogP contribution in [-0.4, -0.2) is 19.2 Å². The summed E-state index contributed by atoms with van der Waals surface area (Å²) < 4.78 is 28.4. The fourth-order valence-corrected chi connectivity index (χ4v) is 4.52. The zero-order chi connectivity index (χ0) is 23.6. The molecule has 8 nitrogen and oxygen atoms in total. The summed E-state index contributed by atoms with van der Waals surface area (Å²) >= 11 is 0. The molecule has 0 bridgehead atoms. The second-order valence-electron chi connectivity index (χ2n) is 7.37. The number of carbonyl (C=O) groups excluding carboxylic acids is 1. The molecule has 2 N–H and O–H groups in total. The van der Waals surface area contributed by atoms with Crippen molar-refractivity contribution in [1.82, 2.24) is 0 Å². The zero-order valence-corrected chi connectivity index (χ0v) is 18.3. The van der Waals surface area contributed by atoms with Gasteiger partial charge in [-0.25, -0.2) is 8.42 Å². The molecule has 0 saturated carbocycles. The molecule has 0 radical (unpaired) electrons. The fraction of sp³-hybridized carbons (Fsp3) is 0.0417. The summed E-state index contributed by atoms with van der Waals surface area (Å²) in [6.07, 6.45) is 0. The minimum atomic E-state index is -3.85. The summed E-state index contributed by atoms with van der Waals surface area (Å²) in [4.78, 5) is 23.0. The van der Waals surface area contributed by atoms with Crippen LogP contribution in [0.4, 0.5) is 17.1 Å². The lowest BCUT2D eigenvalue weighted by Crippen LogP contribution is -2.14. The van der Waals surface area contributed by atoms with E-state index in [4.69, 9.17) is 0 Å². The van der Waals surface area contributed by atoms with Gasteiger partial charge in [0.25, 0.3) is 21.6 Å². The van der Waals surface area contributed by atoms with Crippen molar-refractivity contribution in [1.29, 1.82) is 0 Å². The number of anilines is 2. The van der Waals surface area contributed by atoms with Gasteiger partial charge in [-0.15, -0.1) is 0 Å². The van der Waals surface area contributed by atoms with E-state index in [9.17, 15) is 23.3 Å². The Morgan fingerprint density at radius 1 is 0.909 bits per heavy atom. The Bertz CT molecular complexity index is 1480. The number of hydrogen-bond acceptors (Lipinski definition) is 5. The molecule has 33 heavy (non-hydrogen) atoms. The molecule has 1 amide bonds. The van der Waals surface area contributed by atoms with Gasteiger partial charge in [-0.1, -0.05) is 36.4 Å². The molecule has 0 spiro atoms. The van der Waals surface area contributed by atoms with Gasteiger partial charge in [0.15, 0.2) is 0 Å². The third kappa shape index (κ3) is 4.68. The van der Waals surface area contributed by atoms with E-state index in [0.717, 1.165) is 10.8 Å². The molecule has 166 valence electrons. The predicted molar refractivity (Wildman–Crippen MR) is 127 cm³/mol. The average Bonchev–Trinajstić information content (AvgIpc) is 2.79. The molecule has 0 aromatic heterocycles. The number of hydrogen-bond donors (Lipinski definition) is 2. The molecule has 9 heteroatoms. The summed E-state index contributed by atoms with van der Waals surface area (Å²) in [5.74, 6) is -0.461. The van der Waals surface area contributed by atoms with Crippen LogP contribution in [0.15, 0.2) is 89.8 Å². The van der Waals surface area contributed by atoms with E-state index in [1.165, 1.54) is 42.5 Å². The normalized spacial score (nSPS) is 11.2. The van der Waals surface area contributed by atoms with Crippen molar-refractivity contribution < 1.29 is 18.1 Å². The molecular weight excluding hydrogens is 442 g/mol. The fourth-order valence-electron chi connectivity index (χ4n) is 3.44. The van der Waals surface area contributed by atoms with Crippen LogP contribution in [-0.2, 0) is 10.0 Å². The molecule has 0 aliphatic heterocycles. The third-order valence-electron chi connectivity index (χ3n) is 5.11. The van der Waals surface area contributed by atoms with Gasteiger partial charge in [-0.3, -0.25) is 19.6 Å². The van der Waals surface area contributed by atoms with E-state index in [1.54, 1.807) is 19.1 Å². The number of nitro benzene ring substituents is 1. The highest BCUT2D eigenvalue weighted by Gasteiger charge is 2.17. The number of carbonyl (C=O) groups is 1. The van der Waals surface area contributed by atoms with Crippen molar-refractivity contribution in [2.24, 2.45) is 0 Å². The van der Waals surface area contributed by atoms with Gasteiger partial charge in [0.2, 0.25) is 0 Å². The molecule has 0 saturated heterocycles. The lowest BCUT2D eigenvalue weighted by molar-refractivity contribution is -0.385. The Morgan fingerprint density at radius 2 is 1.61 bits per heavy atom. The summed E-state index contributed by atoms with van der Waals surface area (Å²) in [6.45, 7) is 1.55. The first kappa shape index (κ1) is 22.0. The summed E-state index contributed by atoms with van der Waals surface area (Å²) in [7, 11) is -3.85. The topological polar surface area (TPSA) is 118 Å². The van der Waals surface area contributed by atoms with E-state index in [0.29, 0.717) is 16.9 Å². The lowest BCUT2D eigenvalue weighted by Gasteiger charge is -2.12. The van der Waals surface area contributed by atoms with Crippen molar-refractivity contribution in [3.05, 3.63) is 106 Å². The van der Waals surface area contributed by atoms with Crippen LogP contribution in [0.2, 0.25) is 0 Å². The van der Waals surface area contributed by atoms with Gasteiger partial charge in [0.1, 0.15) is 0 Å². The van der Waals surface area contributed by atoms with Crippen molar-refractivity contribution in [3.63, 3.8) is 0 Å². The second kappa shape index (κ2) is 8.71. The molecule has 0 aliphatic carbocycles. The molecule has 4 aromatic carbocycles. The molecule has 0 atom stereocenters. The molecule has 0 heterocycles. The monoisotopic (exact) mass is 461 g/mol. The van der Waals surface area contributed by atoms with Gasteiger partial charge in [0, 0.05) is 28.3 Å². The highest BCUT2D eigenvalue weighted by molar-refractivity contribution is 7.92. The van der Waals surface area contributed by atoms with Gasteiger partial charge in [0.05, 0.1) is 15.5 Å². The van der Waals surface area contributed by atoms with E-state index in [-0.39, 0.29) is 16.1 Å². The van der Waals surface area contributed by atoms with E-state index >= 15 is 0 Å². The standard InChI is InChI=1S/C24H19N3O5S/c1-16-15-18(9-14-23(16)27(29)30)24(28)25-19-10-12-20(13-11-19)33(31,32)26-22-8-4-6-17-5-2-3-7-21(17)22/h2-15,26H,1H3,(H,25,28). The summed E-state index contributed by atoms with van der Waals surface area (Å²) in [6, 6.07) is 22.7. The Hall–Kier alpha value is -4.24. The number of nitrogens with one attached hydrogen (secondary N) is 2. The van der Waals surface area contributed by atoms with Crippen LogP contribution in [0.25, 0.3) is 10.8 Å². The Labute approximate surface area is 190 Å². The quantitative estimate of drug-likeness (QED) is 0.306. The first-order valence-electron chi connectivity index (χ1n) is 9.92. The van der Waals surface area contributed by atoms with E-state index < -0.39 is 20.9 Å². The Kier molecular flexibility index (Phi) is 5.80. The minimum Gasteiger partial charge on any atom is -0.322 e. The third-order valence-corrected chi connectivity index (χ3v) is 6.49. The van der Waals surface area contributed by atoms with Crippen LogP contribution in [0.1, 0.15) is 15.9 Å². The summed E-state index contributed by atoms with van der Waals surface area (Å²) in [5.41, 5.74) is 1.42. The van der Waals surface area contributed by atoms with Crippen LogP contribution >= 0.6 is 0 Å². The molecule has 0 aliphatic rings. The average molecular weight is 461 g/mol. The maximum atomic E-state index is 12.9. The first-order valence-corrected chi connectivity index (χ1v) is 11.4. The molecule has 0 fully saturated rings. The SMILES string of the molecule is Cc1cc(C(=O)Nc2ccc(S(=O)(=O)Nc3cccc4ccccc34)cc2)ccc1[N+](=O)[O-]. The molecule has 4 aromatic rings. The lowest BCUT2D eigenvalue weighted by atomic mass is 10.1. The molecule has 4 rings (SSSR count). The number of rotatable bonds is 6. The molecular formula is C24H19N3O5S. The highest BCUT2D eigenvalue weighted by atomic mass is 32.2. The highest BCUT2D eigenvalue weighted by Crippen LogP contribution is 2.26. The maximum absolute atomic E-state index is 12.9. The zero-order valence-electron chi connectivity index (χ0n) is 17.5. The van der Waals surface area contributed by atoms with Crippen LogP contribution in [0, 0.1) is 17.0 Å². The number of aryl methyl sites for hydroxylation is 1. The Balaban J connectivity index is 1.51. The van der Waals surface area contributed by atoms with Crippen molar-refractivity contribution in [2.45, 2.75) is 11.8 Å². The van der Waals surface area contributed by atoms with E-state index in [1.807, 2.05) is 30.3 Å². The number of sulfonamides is 1. The largest absolute Gasteiger partial charge is 0.322 e. The second-order valence-corrected chi connectivity index (χ2v) is 9.05.